The van der Waals surface area contributed by atoms with Crippen molar-refractivity contribution in [3.63, 3.8) is 0 Å². The quantitative estimate of drug-likeness (QED) is 0.0566. The molecule has 0 bridgehead atoms. The van der Waals surface area contributed by atoms with Crippen molar-refractivity contribution in [2.45, 2.75) is 59.3 Å². The second-order valence-corrected chi connectivity index (χ2v) is 13.3. The summed E-state index contributed by atoms with van der Waals surface area (Å²) in [7, 11) is 0. The Morgan fingerprint density at radius 3 is 2.09 bits per heavy atom. The van der Waals surface area contributed by atoms with Crippen molar-refractivity contribution in [1.29, 1.82) is 0 Å². The van der Waals surface area contributed by atoms with Gasteiger partial charge in [-0.2, -0.15) is 4.98 Å². The van der Waals surface area contributed by atoms with E-state index in [1.54, 1.807) is 31.2 Å². The number of aromatic amines is 1. The number of carbonyl (C=O) groups excluding carboxylic acids is 5. The topological polar surface area (TPSA) is 253 Å². The maximum atomic E-state index is 12.6. The number of H-pyrrole nitrogens is 1. The lowest BCUT2D eigenvalue weighted by Gasteiger charge is -2.41. The summed E-state index contributed by atoms with van der Waals surface area (Å²) >= 11 is 0. The molecule has 3 heterocycles. The van der Waals surface area contributed by atoms with Crippen molar-refractivity contribution in [2.75, 3.05) is 50.4 Å². The lowest BCUT2D eigenvalue weighted by molar-refractivity contribution is -0.276. The van der Waals surface area contributed by atoms with E-state index in [2.05, 4.69) is 41.2 Å². The third-order valence-electron chi connectivity index (χ3n) is 8.40. The maximum Gasteiger partial charge on any atom is 0.280 e. The zero-order chi connectivity index (χ0) is 38.6. The van der Waals surface area contributed by atoms with Crippen molar-refractivity contribution in [3.05, 3.63) is 64.2 Å². The number of nitrogens with two attached hydrogens (primary N) is 1. The molecule has 18 nitrogen and oxygen atoms in total. The molecule has 5 amide bonds. The summed E-state index contributed by atoms with van der Waals surface area (Å²) in [4.78, 5) is 88.2. The van der Waals surface area contributed by atoms with Crippen LogP contribution >= 0.6 is 0 Å². The van der Waals surface area contributed by atoms with Crippen LogP contribution in [0.4, 0.5) is 11.6 Å². The Hall–Kier alpha value is -5.75. The number of benzene rings is 1. The maximum absolute atomic E-state index is 12.6. The van der Waals surface area contributed by atoms with Gasteiger partial charge >= 0.3 is 0 Å². The fourth-order valence-electron chi connectivity index (χ4n) is 4.93. The largest absolute Gasteiger partial charge is 0.379 e. The number of imide groups is 1. The molecule has 284 valence electrons. The molecule has 0 aliphatic carbocycles. The number of fused-ring (bicyclic) bond motifs is 1. The molecule has 4 rings (SSSR count). The van der Waals surface area contributed by atoms with E-state index in [4.69, 9.17) is 15.2 Å². The summed E-state index contributed by atoms with van der Waals surface area (Å²) in [5, 5.41) is 11.5. The number of aromatic nitrogens is 4. The van der Waals surface area contributed by atoms with Crippen molar-refractivity contribution >= 4 is 52.3 Å². The molecule has 7 N–H and O–H groups in total. The van der Waals surface area contributed by atoms with E-state index in [1.807, 2.05) is 20.8 Å². The highest BCUT2D eigenvalue weighted by Gasteiger charge is 2.39. The van der Waals surface area contributed by atoms with Gasteiger partial charge in [-0.15, -0.1) is 0 Å². The van der Waals surface area contributed by atoms with Crippen molar-refractivity contribution in [1.82, 2.24) is 40.8 Å². The summed E-state index contributed by atoms with van der Waals surface area (Å²) in [6.07, 6.45) is 4.48. The minimum atomic E-state index is -1.03. The first-order chi connectivity index (χ1) is 25.1. The van der Waals surface area contributed by atoms with Crippen molar-refractivity contribution in [3.8, 4) is 0 Å². The second-order valence-electron chi connectivity index (χ2n) is 13.3. The zero-order valence-corrected chi connectivity index (χ0v) is 30.2. The van der Waals surface area contributed by atoms with Crippen LogP contribution in [-0.4, -0.2) is 99.6 Å². The highest BCUT2D eigenvalue weighted by Crippen LogP contribution is 2.34. The van der Waals surface area contributed by atoms with Crippen LogP contribution in [0.25, 0.3) is 11.2 Å². The number of hydrogen-bond acceptors (Lipinski definition) is 13. The molecule has 0 spiro atoms. The molecule has 0 radical (unpaired) electrons. The SMILES string of the molecule is CC(C)(C)C(C)(OCCNC(=O)CCCNC(=O)c1ccc(NCc2cnc3nc(N)[nH]c(=O)c3n2)cc1)OCCNC(=O)CCN1C(=O)C=CC1=O. The number of nitrogens with one attached hydrogen (secondary N) is 5. The van der Waals surface area contributed by atoms with E-state index < -0.39 is 28.6 Å². The molecule has 1 aliphatic heterocycles. The van der Waals surface area contributed by atoms with Gasteiger partial charge in [-0.1, -0.05) is 20.8 Å². The number of nitrogens with zero attached hydrogens (tertiary/aromatic N) is 4. The molecular formula is C35H46N10O8. The smallest absolute Gasteiger partial charge is 0.280 e. The molecule has 0 fully saturated rings. The average Bonchev–Trinajstić information content (AvgIpc) is 3.44. The van der Waals surface area contributed by atoms with Gasteiger partial charge in [-0.05, 0) is 37.6 Å². The van der Waals surface area contributed by atoms with Gasteiger partial charge in [-0.25, -0.2) is 9.97 Å². The van der Waals surface area contributed by atoms with Crippen LogP contribution in [0.1, 0.15) is 63.0 Å². The van der Waals surface area contributed by atoms with Gasteiger partial charge in [0.15, 0.2) is 17.0 Å². The average molecular weight is 735 g/mol. The lowest BCUT2D eigenvalue weighted by Crippen LogP contribution is -2.48. The number of rotatable bonds is 19. The lowest BCUT2D eigenvalue weighted by atomic mass is 9.86. The monoisotopic (exact) mass is 734 g/mol. The summed E-state index contributed by atoms with van der Waals surface area (Å²) in [6, 6.07) is 6.82. The Labute approximate surface area is 305 Å². The van der Waals surface area contributed by atoms with Gasteiger partial charge in [0.25, 0.3) is 23.3 Å². The van der Waals surface area contributed by atoms with Crippen LogP contribution in [0.15, 0.2) is 47.4 Å². The van der Waals surface area contributed by atoms with Crippen molar-refractivity contribution < 1.29 is 33.4 Å². The zero-order valence-electron chi connectivity index (χ0n) is 30.2. The summed E-state index contributed by atoms with van der Waals surface area (Å²) in [6.45, 7) is 9.03. The number of amides is 5. The van der Waals surface area contributed by atoms with E-state index >= 15 is 0 Å². The molecule has 1 aromatic carbocycles. The third-order valence-corrected chi connectivity index (χ3v) is 8.40. The first-order valence-corrected chi connectivity index (χ1v) is 17.1. The van der Waals surface area contributed by atoms with Crippen LogP contribution in [-0.2, 0) is 35.2 Å². The molecule has 3 aromatic rings. The van der Waals surface area contributed by atoms with Crippen LogP contribution in [0.2, 0.25) is 0 Å². The number of carbonyl (C=O) groups is 5. The minimum Gasteiger partial charge on any atom is -0.379 e. The van der Waals surface area contributed by atoms with E-state index in [0.717, 1.165) is 10.6 Å². The summed E-state index contributed by atoms with van der Waals surface area (Å²) in [5.74, 6) is -2.70. The molecule has 2 aromatic heterocycles. The van der Waals surface area contributed by atoms with Crippen molar-refractivity contribution in [2.24, 2.45) is 5.41 Å². The third kappa shape index (κ3) is 11.6. The molecular weight excluding hydrogens is 688 g/mol. The number of ether oxygens (including phenoxy) is 2. The standard InChI is InChI=1S/C35H46N10O8/c1-34(2,3)35(4,53-19-16-38-26(47)13-17-45-27(48)11-12-28(45)49)52-18-15-37-25(46)6-5-14-39-31(50)22-7-9-23(10-8-22)40-20-24-21-41-30-29(42-24)32(51)44-33(36)43-30/h7-12,21,40H,5-6,13-20H2,1-4H3,(H,37,46)(H,38,47)(H,39,50)(H3,36,41,43,44,51). The van der Waals surface area contributed by atoms with E-state index in [0.29, 0.717) is 24.2 Å². The summed E-state index contributed by atoms with van der Waals surface area (Å²) in [5.41, 5.74) is 6.58. The molecule has 53 heavy (non-hydrogen) atoms. The van der Waals surface area contributed by atoms with Crippen LogP contribution < -0.4 is 32.6 Å². The highest BCUT2D eigenvalue weighted by molar-refractivity contribution is 6.13. The van der Waals surface area contributed by atoms with E-state index in [-0.39, 0.29) is 87.1 Å². The molecule has 18 heteroatoms. The van der Waals surface area contributed by atoms with Gasteiger partial charge in [0, 0.05) is 67.8 Å². The fraction of sp³-hybridized carbons (Fsp3) is 0.457. The fourth-order valence-corrected chi connectivity index (χ4v) is 4.93. The number of nitrogen functional groups attached to an aromatic ring is 1. The van der Waals surface area contributed by atoms with Gasteiger partial charge in [0.05, 0.1) is 31.6 Å². The van der Waals surface area contributed by atoms with Gasteiger partial charge in [0.2, 0.25) is 17.8 Å². The molecule has 1 unspecified atom stereocenters. The Morgan fingerprint density at radius 2 is 1.47 bits per heavy atom. The predicted octanol–water partition coefficient (Wildman–Crippen LogP) is 0.760. The predicted molar refractivity (Wildman–Crippen MR) is 194 cm³/mol. The highest BCUT2D eigenvalue weighted by atomic mass is 16.7. The molecule has 0 saturated heterocycles. The van der Waals surface area contributed by atoms with Crippen LogP contribution in [0.3, 0.4) is 0 Å². The first-order valence-electron chi connectivity index (χ1n) is 17.1. The van der Waals surface area contributed by atoms with E-state index in [1.165, 1.54) is 18.3 Å². The van der Waals surface area contributed by atoms with Gasteiger partial charge < -0.3 is 36.5 Å². The molecule has 0 saturated carbocycles. The van der Waals surface area contributed by atoms with Gasteiger partial charge in [0.1, 0.15) is 0 Å². The number of hydrogen-bond donors (Lipinski definition) is 6. The Morgan fingerprint density at radius 1 is 0.849 bits per heavy atom. The first kappa shape index (κ1) is 40.0. The Bertz CT molecular complexity index is 1870. The molecule has 1 atom stereocenters. The van der Waals surface area contributed by atoms with E-state index in [9.17, 15) is 28.8 Å². The normalized spacial score (nSPS) is 13.9. The Balaban J connectivity index is 1.08. The van der Waals surface area contributed by atoms with Crippen LogP contribution in [0, 0.1) is 5.41 Å². The van der Waals surface area contributed by atoms with Gasteiger partial charge in [-0.3, -0.25) is 38.7 Å². The number of anilines is 2. The second kappa shape index (κ2) is 18.1. The minimum absolute atomic E-state index is 0.00260. The van der Waals surface area contributed by atoms with Crippen LogP contribution in [0.5, 0.6) is 0 Å². The molecule has 1 aliphatic rings. The Kier molecular flexibility index (Phi) is 13.7. The summed E-state index contributed by atoms with van der Waals surface area (Å²) < 4.78 is 12.1.